The van der Waals surface area contributed by atoms with Gasteiger partial charge >= 0.3 is 0 Å². The lowest BCUT2D eigenvalue weighted by atomic mass is 10.2. The molecule has 110 valence electrons. The number of aromatic nitrogens is 1. The molecule has 0 bridgehead atoms. The van der Waals surface area contributed by atoms with E-state index in [2.05, 4.69) is 31.5 Å². The van der Waals surface area contributed by atoms with E-state index in [4.69, 9.17) is 23.2 Å². The molecule has 2 N–H and O–H groups in total. The lowest BCUT2D eigenvalue weighted by Gasteiger charge is -2.11. The van der Waals surface area contributed by atoms with Gasteiger partial charge in [0.2, 0.25) is 0 Å². The van der Waals surface area contributed by atoms with Gasteiger partial charge in [0, 0.05) is 11.5 Å². The maximum Gasteiger partial charge on any atom is 0.259 e. The van der Waals surface area contributed by atoms with Crippen molar-refractivity contribution in [3.05, 3.63) is 50.3 Å². The molecule has 0 saturated carbocycles. The Morgan fingerprint density at radius 3 is 2.71 bits per heavy atom. The molecule has 1 heterocycles. The summed E-state index contributed by atoms with van der Waals surface area (Å²) in [7, 11) is 1.58. The predicted molar refractivity (Wildman–Crippen MR) is 85.9 cm³/mol. The fourth-order valence-corrected chi connectivity index (χ4v) is 2.45. The van der Waals surface area contributed by atoms with Crippen LogP contribution in [0, 0.1) is 5.82 Å². The van der Waals surface area contributed by atoms with Crippen molar-refractivity contribution < 1.29 is 9.18 Å². The van der Waals surface area contributed by atoms with Gasteiger partial charge in [0.15, 0.2) is 0 Å². The van der Waals surface area contributed by atoms with Crippen molar-refractivity contribution in [1.29, 1.82) is 0 Å². The van der Waals surface area contributed by atoms with Gasteiger partial charge in [-0.05, 0) is 34.1 Å². The first-order chi connectivity index (χ1) is 9.93. The molecular weight excluding hydrogens is 384 g/mol. The van der Waals surface area contributed by atoms with Gasteiger partial charge in [0.25, 0.3) is 5.91 Å². The van der Waals surface area contributed by atoms with Crippen LogP contribution < -0.4 is 10.6 Å². The zero-order valence-corrected chi connectivity index (χ0v) is 13.8. The molecule has 0 unspecified atom stereocenters. The van der Waals surface area contributed by atoms with Crippen LogP contribution in [0.1, 0.15) is 10.4 Å². The zero-order chi connectivity index (χ0) is 15.6. The number of hydrogen-bond acceptors (Lipinski definition) is 3. The van der Waals surface area contributed by atoms with Crippen LogP contribution in [0.5, 0.6) is 0 Å². The minimum Gasteiger partial charge on any atom is -0.372 e. The molecule has 21 heavy (non-hydrogen) atoms. The van der Waals surface area contributed by atoms with Gasteiger partial charge in [-0.3, -0.25) is 4.79 Å². The Hall–Kier alpha value is -1.37. The Labute approximate surface area is 138 Å². The Morgan fingerprint density at radius 2 is 2.05 bits per heavy atom. The first-order valence-electron chi connectivity index (χ1n) is 5.72. The summed E-state index contributed by atoms with van der Waals surface area (Å²) in [6.45, 7) is 0. The molecule has 0 aliphatic heterocycles. The second kappa shape index (κ2) is 6.60. The molecule has 8 heteroatoms. The number of carbonyl (C=O) groups is 1. The highest BCUT2D eigenvalue weighted by molar-refractivity contribution is 9.10. The van der Waals surface area contributed by atoms with Crippen LogP contribution in [0.15, 0.2) is 28.9 Å². The average Bonchev–Trinajstić information content (AvgIpc) is 2.47. The van der Waals surface area contributed by atoms with Crippen molar-refractivity contribution in [2.45, 2.75) is 0 Å². The third kappa shape index (κ3) is 3.45. The number of anilines is 2. The molecule has 4 nitrogen and oxygen atoms in total. The number of pyridine rings is 1. The number of hydrogen-bond donors (Lipinski definition) is 2. The second-order valence-corrected chi connectivity index (χ2v) is 5.59. The van der Waals surface area contributed by atoms with E-state index in [1.54, 1.807) is 19.2 Å². The summed E-state index contributed by atoms with van der Waals surface area (Å²) < 4.78 is 13.9. The molecule has 0 radical (unpaired) electrons. The number of nitrogens with one attached hydrogen (secondary N) is 2. The summed E-state index contributed by atoms with van der Waals surface area (Å²) >= 11 is 15.3. The molecule has 1 aromatic carbocycles. The topological polar surface area (TPSA) is 54.0 Å². The van der Waals surface area contributed by atoms with Gasteiger partial charge in [0.05, 0.1) is 27.5 Å². The normalized spacial score (nSPS) is 10.3. The summed E-state index contributed by atoms with van der Waals surface area (Å²) in [6.07, 6.45) is 1.02. The summed E-state index contributed by atoms with van der Waals surface area (Å²) in [5.74, 6) is -0.904. The third-order valence-electron chi connectivity index (χ3n) is 2.62. The predicted octanol–water partition coefficient (Wildman–Crippen LogP) is 4.58. The quantitative estimate of drug-likeness (QED) is 0.751. The summed E-state index contributed by atoms with van der Waals surface area (Å²) in [6, 6.07) is 4.32. The zero-order valence-electron chi connectivity index (χ0n) is 10.7. The van der Waals surface area contributed by atoms with Crippen LogP contribution in [-0.2, 0) is 0 Å². The van der Waals surface area contributed by atoms with Crippen LogP contribution in [0.3, 0.4) is 0 Å². The summed E-state index contributed by atoms with van der Waals surface area (Å²) in [5.41, 5.74) is 0.383. The third-order valence-corrected chi connectivity index (χ3v) is 4.39. The fourth-order valence-electron chi connectivity index (χ4n) is 1.62. The molecule has 1 amide bonds. The highest BCUT2D eigenvalue weighted by atomic mass is 79.9. The van der Waals surface area contributed by atoms with Crippen molar-refractivity contribution in [1.82, 2.24) is 4.98 Å². The van der Waals surface area contributed by atoms with Crippen molar-refractivity contribution >= 4 is 56.5 Å². The van der Waals surface area contributed by atoms with Crippen molar-refractivity contribution in [2.75, 3.05) is 17.7 Å². The molecule has 0 fully saturated rings. The minimum atomic E-state index is -0.612. The minimum absolute atomic E-state index is 0.0626. The first-order valence-corrected chi connectivity index (χ1v) is 7.27. The van der Waals surface area contributed by atoms with Gasteiger partial charge in [-0.1, -0.05) is 23.2 Å². The van der Waals surface area contributed by atoms with Crippen LogP contribution in [0.25, 0.3) is 0 Å². The number of halogens is 4. The maximum absolute atomic E-state index is 13.3. The Morgan fingerprint density at radius 1 is 1.33 bits per heavy atom. The van der Waals surface area contributed by atoms with E-state index >= 15 is 0 Å². The highest BCUT2D eigenvalue weighted by Gasteiger charge is 2.16. The van der Waals surface area contributed by atoms with E-state index in [1.807, 2.05) is 0 Å². The van der Waals surface area contributed by atoms with Crippen molar-refractivity contribution in [2.24, 2.45) is 0 Å². The Bertz CT molecular complexity index is 712. The monoisotopic (exact) mass is 391 g/mol. The van der Waals surface area contributed by atoms with Crippen LogP contribution in [0.4, 0.5) is 15.9 Å². The van der Waals surface area contributed by atoms with E-state index < -0.39 is 11.7 Å². The first kappa shape index (κ1) is 16.0. The second-order valence-electron chi connectivity index (χ2n) is 3.98. The van der Waals surface area contributed by atoms with E-state index in [1.165, 1.54) is 0 Å². The Kier molecular flexibility index (Phi) is 5.03. The summed E-state index contributed by atoms with van der Waals surface area (Å²) in [5, 5.41) is 5.76. The molecule has 0 atom stereocenters. The van der Waals surface area contributed by atoms with E-state index in [9.17, 15) is 9.18 Å². The molecule has 0 spiro atoms. The van der Waals surface area contributed by atoms with Crippen LogP contribution in [0.2, 0.25) is 10.0 Å². The van der Waals surface area contributed by atoms with Gasteiger partial charge in [-0.25, -0.2) is 9.37 Å². The molecule has 2 rings (SSSR count). The number of rotatable bonds is 3. The highest BCUT2D eigenvalue weighted by Crippen LogP contribution is 2.36. The SMILES string of the molecule is CNc1ncc(F)cc1C(=O)Nc1ccc(Br)c(Cl)c1Cl. The maximum atomic E-state index is 13.3. The smallest absolute Gasteiger partial charge is 0.259 e. The lowest BCUT2D eigenvalue weighted by molar-refractivity contribution is 0.102. The van der Waals surface area contributed by atoms with Gasteiger partial charge in [0.1, 0.15) is 11.6 Å². The average molecular weight is 393 g/mol. The van der Waals surface area contributed by atoms with E-state index in [0.717, 1.165) is 12.3 Å². The Balaban J connectivity index is 2.35. The van der Waals surface area contributed by atoms with E-state index in [0.29, 0.717) is 10.2 Å². The summed E-state index contributed by atoms with van der Waals surface area (Å²) in [4.78, 5) is 16.0. The van der Waals surface area contributed by atoms with Gasteiger partial charge < -0.3 is 10.6 Å². The molecule has 2 aromatic rings. The molecule has 0 saturated heterocycles. The number of carbonyl (C=O) groups excluding carboxylic acids is 1. The van der Waals surface area contributed by atoms with Crippen molar-refractivity contribution in [3.63, 3.8) is 0 Å². The number of nitrogens with zero attached hydrogens (tertiary/aromatic N) is 1. The van der Waals surface area contributed by atoms with E-state index in [-0.39, 0.29) is 21.4 Å². The lowest BCUT2D eigenvalue weighted by Crippen LogP contribution is -2.15. The fraction of sp³-hybridized carbons (Fsp3) is 0.0769. The molecule has 0 aliphatic carbocycles. The molecular formula is C13H9BrCl2FN3O. The van der Waals surface area contributed by atoms with Gasteiger partial charge in [-0.2, -0.15) is 0 Å². The number of benzene rings is 1. The standard InChI is InChI=1S/C13H9BrCl2FN3O/c1-18-12-7(4-6(17)5-19-12)13(21)20-9-3-2-8(14)10(15)11(9)16/h2-5H,1H3,(H,18,19)(H,20,21). The van der Waals surface area contributed by atoms with Crippen molar-refractivity contribution in [3.8, 4) is 0 Å². The molecule has 1 aromatic heterocycles. The van der Waals surface area contributed by atoms with Gasteiger partial charge in [-0.15, -0.1) is 0 Å². The largest absolute Gasteiger partial charge is 0.372 e. The van der Waals surface area contributed by atoms with Crippen LogP contribution in [-0.4, -0.2) is 17.9 Å². The number of amides is 1. The van der Waals surface area contributed by atoms with Crippen LogP contribution >= 0.6 is 39.1 Å². The molecule has 0 aliphatic rings.